The fourth-order valence-electron chi connectivity index (χ4n) is 2.75. The number of hydrogen-bond acceptors (Lipinski definition) is 4. The molecule has 0 unspecified atom stereocenters. The number of rotatable bonds is 19. The summed E-state index contributed by atoms with van der Waals surface area (Å²) in [7, 11) is 3.37. The molecule has 0 bridgehead atoms. The van der Waals surface area contributed by atoms with Crippen molar-refractivity contribution in [1.29, 1.82) is 0 Å². The monoisotopic (exact) mass is 405 g/mol. The van der Waals surface area contributed by atoms with E-state index >= 15 is 0 Å². The van der Waals surface area contributed by atoms with Gasteiger partial charge in [-0.25, -0.2) is 0 Å². The maximum Gasteiger partial charge on any atom is 0.0938 e. The van der Waals surface area contributed by atoms with Crippen LogP contribution in [0.5, 0.6) is 0 Å². The van der Waals surface area contributed by atoms with Crippen LogP contribution in [-0.2, 0) is 9.47 Å². The molecule has 0 fully saturated rings. The summed E-state index contributed by atoms with van der Waals surface area (Å²) >= 11 is 0. The molecule has 0 rings (SSSR count). The van der Waals surface area contributed by atoms with Crippen LogP contribution in [0.2, 0.25) is 0 Å². The van der Waals surface area contributed by atoms with Gasteiger partial charge in [-0.05, 0) is 12.8 Å². The standard InChI is InChI=1S/C20H42N4O2.ClH/c1-25-17-15-23-19(21)13-11-9-7-5-3-4-6-8-10-12-14-20(22)24-16-18-26-2;/h3-18H2,1-2H3,(H2,21,23)(H2,22,24);1H/p-1. The molecule has 0 heterocycles. The van der Waals surface area contributed by atoms with Crippen LogP contribution in [0.15, 0.2) is 9.98 Å². The molecule has 0 aliphatic carbocycles. The molecular weight excluding hydrogens is 364 g/mol. The zero-order chi connectivity index (χ0) is 19.3. The highest BCUT2D eigenvalue weighted by atomic mass is 35.5. The first-order valence-corrected chi connectivity index (χ1v) is 10.3. The van der Waals surface area contributed by atoms with Gasteiger partial charge in [-0.15, -0.1) is 0 Å². The van der Waals surface area contributed by atoms with E-state index < -0.39 is 0 Å². The minimum absolute atomic E-state index is 0. The fraction of sp³-hybridized carbons (Fsp3) is 0.900. The number of methoxy groups -OCH3 is 2. The van der Waals surface area contributed by atoms with E-state index in [-0.39, 0.29) is 12.4 Å². The maximum absolute atomic E-state index is 5.86. The Hall–Kier alpha value is -0.850. The lowest BCUT2D eigenvalue weighted by atomic mass is 10.0. The third-order valence-electron chi connectivity index (χ3n) is 4.34. The van der Waals surface area contributed by atoms with Crippen molar-refractivity contribution in [3.05, 3.63) is 0 Å². The highest BCUT2D eigenvalue weighted by molar-refractivity contribution is 5.80. The summed E-state index contributed by atoms with van der Waals surface area (Å²) in [6, 6.07) is 0. The highest BCUT2D eigenvalue weighted by Crippen LogP contribution is 2.12. The first-order chi connectivity index (χ1) is 12.7. The van der Waals surface area contributed by atoms with E-state index in [0.29, 0.717) is 26.3 Å². The Morgan fingerprint density at radius 2 is 0.889 bits per heavy atom. The van der Waals surface area contributed by atoms with E-state index in [1.807, 2.05) is 0 Å². The second-order valence-electron chi connectivity index (χ2n) is 6.77. The van der Waals surface area contributed by atoms with E-state index in [1.54, 1.807) is 14.2 Å². The second-order valence-corrected chi connectivity index (χ2v) is 6.77. The number of halogens is 1. The second kappa shape index (κ2) is 23.2. The topological polar surface area (TPSA) is 95.2 Å². The minimum Gasteiger partial charge on any atom is -1.00 e. The van der Waals surface area contributed by atoms with E-state index in [1.165, 1.54) is 51.4 Å². The molecule has 0 aliphatic heterocycles. The van der Waals surface area contributed by atoms with Gasteiger partial charge in [0, 0.05) is 27.1 Å². The van der Waals surface area contributed by atoms with Gasteiger partial charge in [0.1, 0.15) is 0 Å². The van der Waals surface area contributed by atoms with Gasteiger partial charge in [0.15, 0.2) is 0 Å². The molecule has 7 heteroatoms. The normalized spacial score (nSPS) is 12.2. The maximum atomic E-state index is 5.86. The zero-order valence-corrected chi connectivity index (χ0v) is 18.3. The molecule has 0 saturated carbocycles. The lowest BCUT2D eigenvalue weighted by Gasteiger charge is -2.04. The summed E-state index contributed by atoms with van der Waals surface area (Å²) < 4.78 is 9.91. The van der Waals surface area contributed by atoms with Gasteiger partial charge in [-0.2, -0.15) is 0 Å². The minimum atomic E-state index is 0. The summed E-state index contributed by atoms with van der Waals surface area (Å²) in [6.45, 7) is 2.65. The third kappa shape index (κ3) is 23.1. The summed E-state index contributed by atoms with van der Waals surface area (Å²) in [5.74, 6) is 1.54. The highest BCUT2D eigenvalue weighted by Gasteiger charge is 1.97. The number of nitrogens with zero attached hydrogens (tertiary/aromatic N) is 2. The van der Waals surface area contributed by atoms with Crippen molar-refractivity contribution in [3.8, 4) is 0 Å². The van der Waals surface area contributed by atoms with Crippen LogP contribution in [0.1, 0.15) is 77.0 Å². The molecule has 0 radical (unpaired) electrons. The van der Waals surface area contributed by atoms with Crippen molar-refractivity contribution >= 4 is 11.7 Å². The average molecular weight is 406 g/mol. The van der Waals surface area contributed by atoms with Crippen LogP contribution in [-0.4, -0.2) is 52.2 Å². The molecular formula is C20H42ClN4O2-. The molecule has 0 aliphatic rings. The van der Waals surface area contributed by atoms with Gasteiger partial charge in [0.05, 0.1) is 38.0 Å². The molecule has 0 atom stereocenters. The number of amidine groups is 2. The Morgan fingerprint density at radius 1 is 0.593 bits per heavy atom. The van der Waals surface area contributed by atoms with Gasteiger partial charge in [0.2, 0.25) is 0 Å². The van der Waals surface area contributed by atoms with E-state index in [0.717, 1.165) is 37.4 Å². The van der Waals surface area contributed by atoms with Crippen molar-refractivity contribution in [2.24, 2.45) is 21.5 Å². The zero-order valence-electron chi connectivity index (χ0n) is 17.6. The predicted octanol–water partition coefficient (Wildman–Crippen LogP) is 0.679. The molecule has 27 heavy (non-hydrogen) atoms. The number of nitrogens with two attached hydrogens (primary N) is 2. The fourth-order valence-corrected chi connectivity index (χ4v) is 2.75. The van der Waals surface area contributed by atoms with Crippen LogP contribution in [0.4, 0.5) is 0 Å². The van der Waals surface area contributed by atoms with E-state index in [2.05, 4.69) is 9.98 Å². The summed E-state index contributed by atoms with van der Waals surface area (Å²) in [6.07, 6.45) is 14.6. The Morgan fingerprint density at radius 3 is 1.19 bits per heavy atom. The van der Waals surface area contributed by atoms with Gasteiger partial charge in [-0.1, -0.05) is 51.4 Å². The first kappa shape index (κ1) is 28.4. The van der Waals surface area contributed by atoms with Crippen LogP contribution in [0.3, 0.4) is 0 Å². The van der Waals surface area contributed by atoms with Gasteiger partial charge in [-0.3, -0.25) is 9.98 Å². The number of unbranched alkanes of at least 4 members (excludes halogenated alkanes) is 9. The molecule has 4 N–H and O–H groups in total. The average Bonchev–Trinajstić information content (AvgIpc) is 2.63. The lowest BCUT2D eigenvalue weighted by molar-refractivity contribution is -0.00000666. The SMILES string of the molecule is COCCN=C(N)CCCCCCCCCCCCC(N)=NCCOC.[Cl-]. The molecule has 0 spiro atoms. The summed E-state index contributed by atoms with van der Waals surface area (Å²) in [4.78, 5) is 8.55. The Bertz CT molecular complexity index is 332. The van der Waals surface area contributed by atoms with Gasteiger partial charge in [0.25, 0.3) is 0 Å². The molecule has 0 aromatic rings. The van der Waals surface area contributed by atoms with E-state index in [4.69, 9.17) is 20.9 Å². The van der Waals surface area contributed by atoms with Gasteiger partial charge >= 0.3 is 0 Å². The Labute approximate surface area is 173 Å². The van der Waals surface area contributed by atoms with Crippen LogP contribution in [0, 0.1) is 0 Å². The van der Waals surface area contributed by atoms with Crippen LogP contribution < -0.4 is 23.9 Å². The van der Waals surface area contributed by atoms with Gasteiger partial charge < -0.3 is 33.3 Å². The number of hydrogen-bond donors (Lipinski definition) is 2. The van der Waals surface area contributed by atoms with Crippen molar-refractivity contribution < 1.29 is 21.9 Å². The smallest absolute Gasteiger partial charge is 0.0938 e. The quantitative estimate of drug-likeness (QED) is 0.188. The van der Waals surface area contributed by atoms with Crippen LogP contribution in [0.25, 0.3) is 0 Å². The van der Waals surface area contributed by atoms with Crippen molar-refractivity contribution in [3.63, 3.8) is 0 Å². The molecule has 6 nitrogen and oxygen atoms in total. The molecule has 0 saturated heterocycles. The first-order valence-electron chi connectivity index (χ1n) is 10.3. The molecule has 162 valence electrons. The summed E-state index contributed by atoms with van der Waals surface area (Å²) in [5, 5.41) is 0. The van der Waals surface area contributed by atoms with Crippen molar-refractivity contribution in [1.82, 2.24) is 0 Å². The summed E-state index contributed by atoms with van der Waals surface area (Å²) in [5.41, 5.74) is 11.7. The molecule has 0 aromatic heterocycles. The van der Waals surface area contributed by atoms with Crippen LogP contribution >= 0.6 is 0 Å². The molecule has 0 aromatic carbocycles. The Kier molecular flexibility index (Phi) is 24.4. The number of aliphatic imine (C=N–C) groups is 2. The van der Waals surface area contributed by atoms with Crippen molar-refractivity contribution in [2.75, 3.05) is 40.5 Å². The van der Waals surface area contributed by atoms with E-state index in [9.17, 15) is 0 Å². The Balaban J connectivity index is 0. The predicted molar refractivity (Wildman–Crippen MR) is 112 cm³/mol. The largest absolute Gasteiger partial charge is 1.00 e. The number of ether oxygens (including phenoxy) is 2. The lowest BCUT2D eigenvalue weighted by Crippen LogP contribution is -3.00. The van der Waals surface area contributed by atoms with Crippen molar-refractivity contribution in [2.45, 2.75) is 77.0 Å². The third-order valence-corrected chi connectivity index (χ3v) is 4.34. The molecule has 0 amide bonds.